The predicted molar refractivity (Wildman–Crippen MR) is 72.5 cm³/mol. The summed E-state index contributed by atoms with van der Waals surface area (Å²) in [5, 5.41) is 8.75. The molecule has 0 radical (unpaired) electrons. The zero-order valence-corrected chi connectivity index (χ0v) is 11.2. The number of aliphatic hydroxyl groups is 1. The number of allylic oxidation sites excluding steroid dienone is 5. The zero-order valence-electron chi connectivity index (χ0n) is 11.2. The van der Waals surface area contributed by atoms with Crippen LogP contribution in [0.3, 0.4) is 0 Å². The largest absolute Gasteiger partial charge is 0.396 e. The lowest BCUT2D eigenvalue weighted by Crippen LogP contribution is -1.83. The van der Waals surface area contributed by atoms with E-state index in [1.165, 1.54) is 16.7 Å². The molecular formula is C15H26O. The summed E-state index contributed by atoms with van der Waals surface area (Å²) in [5.74, 6) is 0. The Kier molecular flexibility index (Phi) is 8.93. The Hall–Kier alpha value is -0.820. The van der Waals surface area contributed by atoms with Gasteiger partial charge in [-0.05, 0) is 53.4 Å². The van der Waals surface area contributed by atoms with Gasteiger partial charge in [-0.2, -0.15) is 0 Å². The molecule has 0 aromatic carbocycles. The van der Waals surface area contributed by atoms with E-state index < -0.39 is 0 Å². The molecule has 1 nitrogen and oxygen atoms in total. The van der Waals surface area contributed by atoms with E-state index in [0.717, 1.165) is 25.7 Å². The molecule has 1 N–H and O–H groups in total. The minimum Gasteiger partial charge on any atom is -0.396 e. The monoisotopic (exact) mass is 222 g/mol. The topological polar surface area (TPSA) is 20.2 Å². The molecule has 16 heavy (non-hydrogen) atoms. The number of aliphatic hydroxyl groups excluding tert-OH is 1. The van der Waals surface area contributed by atoms with E-state index in [-0.39, 0.29) is 6.61 Å². The molecular weight excluding hydrogens is 196 g/mol. The first-order valence-electron chi connectivity index (χ1n) is 6.11. The van der Waals surface area contributed by atoms with Crippen molar-refractivity contribution >= 4 is 0 Å². The van der Waals surface area contributed by atoms with E-state index in [1.54, 1.807) is 0 Å². The van der Waals surface area contributed by atoms with Gasteiger partial charge in [-0.3, -0.25) is 0 Å². The zero-order chi connectivity index (χ0) is 12.4. The van der Waals surface area contributed by atoms with Crippen LogP contribution in [0.4, 0.5) is 0 Å². The second kappa shape index (κ2) is 9.41. The summed E-state index contributed by atoms with van der Waals surface area (Å²) in [6.45, 7) is 8.79. The van der Waals surface area contributed by atoms with Gasteiger partial charge < -0.3 is 5.11 Å². The first-order chi connectivity index (χ1) is 7.56. The van der Waals surface area contributed by atoms with Gasteiger partial charge >= 0.3 is 0 Å². The third-order valence-corrected chi connectivity index (χ3v) is 2.53. The van der Waals surface area contributed by atoms with Crippen LogP contribution in [-0.4, -0.2) is 11.7 Å². The number of hydrogen-bond donors (Lipinski definition) is 1. The first kappa shape index (κ1) is 15.2. The SMILES string of the molecule is CC(C)=CCCC(C)=CCC=C(C)CCO. The third-order valence-electron chi connectivity index (χ3n) is 2.53. The summed E-state index contributed by atoms with van der Waals surface area (Å²) >= 11 is 0. The van der Waals surface area contributed by atoms with Crippen LogP contribution < -0.4 is 0 Å². The number of hydrogen-bond acceptors (Lipinski definition) is 1. The lowest BCUT2D eigenvalue weighted by Gasteiger charge is -1.99. The maximum absolute atomic E-state index is 8.75. The fourth-order valence-electron chi connectivity index (χ4n) is 1.43. The highest BCUT2D eigenvalue weighted by atomic mass is 16.2. The number of rotatable bonds is 7. The molecule has 1 heteroatoms. The van der Waals surface area contributed by atoms with Gasteiger partial charge in [0, 0.05) is 6.61 Å². The highest BCUT2D eigenvalue weighted by molar-refractivity contribution is 5.07. The van der Waals surface area contributed by atoms with E-state index in [0.29, 0.717) is 0 Å². The van der Waals surface area contributed by atoms with Gasteiger partial charge in [-0.1, -0.05) is 34.9 Å². The summed E-state index contributed by atoms with van der Waals surface area (Å²) in [6, 6.07) is 0. The lowest BCUT2D eigenvalue weighted by atomic mass is 10.1. The van der Waals surface area contributed by atoms with Gasteiger partial charge in [0.2, 0.25) is 0 Å². The molecule has 0 atom stereocenters. The fraction of sp³-hybridized carbons (Fsp3) is 0.600. The molecule has 0 amide bonds. The molecule has 0 aromatic rings. The summed E-state index contributed by atoms with van der Waals surface area (Å²) in [4.78, 5) is 0. The van der Waals surface area contributed by atoms with Gasteiger partial charge in [-0.15, -0.1) is 0 Å². The van der Waals surface area contributed by atoms with Crippen molar-refractivity contribution in [3.63, 3.8) is 0 Å². The lowest BCUT2D eigenvalue weighted by molar-refractivity contribution is 0.299. The van der Waals surface area contributed by atoms with E-state index in [9.17, 15) is 0 Å². The molecule has 0 spiro atoms. The Labute approximate surface area is 101 Å². The average molecular weight is 222 g/mol. The van der Waals surface area contributed by atoms with Crippen LogP contribution in [0, 0.1) is 0 Å². The second-order valence-electron chi connectivity index (χ2n) is 4.63. The normalized spacial score (nSPS) is 12.8. The molecule has 0 saturated carbocycles. The van der Waals surface area contributed by atoms with Crippen molar-refractivity contribution in [1.82, 2.24) is 0 Å². The Morgan fingerprint density at radius 3 is 1.94 bits per heavy atom. The molecule has 0 bridgehead atoms. The van der Waals surface area contributed by atoms with Crippen molar-refractivity contribution < 1.29 is 5.11 Å². The van der Waals surface area contributed by atoms with Crippen molar-refractivity contribution in [3.8, 4) is 0 Å². The predicted octanol–water partition coefficient (Wildman–Crippen LogP) is 4.40. The summed E-state index contributed by atoms with van der Waals surface area (Å²) in [7, 11) is 0. The van der Waals surface area contributed by atoms with Crippen LogP contribution in [0.1, 0.15) is 53.4 Å². The summed E-state index contributed by atoms with van der Waals surface area (Å²) < 4.78 is 0. The van der Waals surface area contributed by atoms with Crippen molar-refractivity contribution in [2.45, 2.75) is 53.4 Å². The van der Waals surface area contributed by atoms with Crippen LogP contribution in [0.25, 0.3) is 0 Å². The molecule has 0 aliphatic carbocycles. The molecule has 92 valence electrons. The van der Waals surface area contributed by atoms with Crippen LogP contribution in [0.15, 0.2) is 34.9 Å². The molecule has 0 aliphatic heterocycles. The van der Waals surface area contributed by atoms with Crippen molar-refractivity contribution in [2.24, 2.45) is 0 Å². The molecule has 0 rings (SSSR count). The maximum atomic E-state index is 8.75. The standard InChI is InChI=1S/C15H26O/c1-13(2)7-5-8-14(3)9-6-10-15(4)11-12-16/h7,9-10,16H,5-6,8,11-12H2,1-4H3. The molecule has 0 saturated heterocycles. The van der Waals surface area contributed by atoms with E-state index in [1.807, 2.05) is 0 Å². The van der Waals surface area contributed by atoms with Gasteiger partial charge in [0.05, 0.1) is 0 Å². The quantitative estimate of drug-likeness (QED) is 0.633. The average Bonchev–Trinajstić information content (AvgIpc) is 2.17. The maximum Gasteiger partial charge on any atom is 0.0468 e. The molecule has 0 aromatic heterocycles. The highest BCUT2D eigenvalue weighted by Gasteiger charge is 1.89. The fourth-order valence-corrected chi connectivity index (χ4v) is 1.43. The van der Waals surface area contributed by atoms with E-state index in [4.69, 9.17) is 5.11 Å². The highest BCUT2D eigenvalue weighted by Crippen LogP contribution is 2.09. The van der Waals surface area contributed by atoms with Gasteiger partial charge in [0.15, 0.2) is 0 Å². The van der Waals surface area contributed by atoms with Crippen LogP contribution in [0.5, 0.6) is 0 Å². The van der Waals surface area contributed by atoms with Crippen molar-refractivity contribution in [3.05, 3.63) is 34.9 Å². The van der Waals surface area contributed by atoms with Crippen molar-refractivity contribution in [1.29, 1.82) is 0 Å². The third kappa shape index (κ3) is 9.72. The molecule has 0 heterocycles. The minimum atomic E-state index is 0.256. The van der Waals surface area contributed by atoms with Gasteiger partial charge in [-0.25, -0.2) is 0 Å². The first-order valence-corrected chi connectivity index (χ1v) is 6.11. The second-order valence-corrected chi connectivity index (χ2v) is 4.63. The van der Waals surface area contributed by atoms with Gasteiger partial charge in [0.25, 0.3) is 0 Å². The Morgan fingerprint density at radius 2 is 1.44 bits per heavy atom. The smallest absolute Gasteiger partial charge is 0.0468 e. The summed E-state index contributed by atoms with van der Waals surface area (Å²) in [6.07, 6.45) is 10.8. The van der Waals surface area contributed by atoms with E-state index >= 15 is 0 Å². The van der Waals surface area contributed by atoms with E-state index in [2.05, 4.69) is 45.9 Å². The molecule has 0 aliphatic rings. The van der Waals surface area contributed by atoms with Gasteiger partial charge in [0.1, 0.15) is 0 Å². The van der Waals surface area contributed by atoms with Crippen LogP contribution in [0.2, 0.25) is 0 Å². The Balaban J connectivity index is 3.87. The summed E-state index contributed by atoms with van der Waals surface area (Å²) in [5.41, 5.74) is 4.12. The molecule has 0 unspecified atom stereocenters. The minimum absolute atomic E-state index is 0.256. The van der Waals surface area contributed by atoms with Crippen molar-refractivity contribution in [2.75, 3.05) is 6.61 Å². The Morgan fingerprint density at radius 1 is 0.875 bits per heavy atom. The molecule has 0 fully saturated rings. The Bertz CT molecular complexity index is 265. The van der Waals surface area contributed by atoms with Crippen LogP contribution >= 0.6 is 0 Å². The van der Waals surface area contributed by atoms with Crippen LogP contribution in [-0.2, 0) is 0 Å².